The standard InChI is InChI=1S/C8H5F5O/c9-7(10,8(11,12)13)6(14)4-3-5-1-2-5/h5H,1-2H2. The van der Waals surface area contributed by atoms with E-state index in [1.807, 2.05) is 0 Å². The molecule has 0 aromatic heterocycles. The molecule has 0 radical (unpaired) electrons. The summed E-state index contributed by atoms with van der Waals surface area (Å²) in [6.07, 6.45) is -4.56. The molecule has 0 saturated heterocycles. The molecule has 1 saturated carbocycles. The molecule has 0 unspecified atom stereocenters. The molecule has 1 aliphatic carbocycles. The van der Waals surface area contributed by atoms with Gasteiger partial charge in [0.15, 0.2) is 0 Å². The fourth-order valence-corrected chi connectivity index (χ4v) is 0.603. The van der Waals surface area contributed by atoms with Gasteiger partial charge < -0.3 is 0 Å². The summed E-state index contributed by atoms with van der Waals surface area (Å²) in [6, 6.07) is 0. The van der Waals surface area contributed by atoms with Gasteiger partial charge in [-0.05, 0) is 18.8 Å². The van der Waals surface area contributed by atoms with Crippen molar-refractivity contribution in [1.29, 1.82) is 0 Å². The number of Topliss-reactive ketones (excluding diaryl/α,β-unsaturated/α-hetero) is 1. The van der Waals surface area contributed by atoms with Crippen molar-refractivity contribution in [3.8, 4) is 11.8 Å². The van der Waals surface area contributed by atoms with Gasteiger partial charge >= 0.3 is 12.1 Å². The maximum absolute atomic E-state index is 12.2. The number of halogens is 5. The van der Waals surface area contributed by atoms with E-state index in [1.165, 1.54) is 5.92 Å². The van der Waals surface area contributed by atoms with E-state index >= 15 is 0 Å². The van der Waals surface area contributed by atoms with Crippen molar-refractivity contribution in [2.24, 2.45) is 5.92 Å². The number of carbonyl (C=O) groups is 1. The van der Waals surface area contributed by atoms with Crippen molar-refractivity contribution in [3.05, 3.63) is 0 Å². The quantitative estimate of drug-likeness (QED) is 0.370. The Morgan fingerprint density at radius 2 is 1.64 bits per heavy atom. The molecular formula is C8H5F5O. The molecule has 14 heavy (non-hydrogen) atoms. The van der Waals surface area contributed by atoms with Crippen molar-refractivity contribution < 1.29 is 26.7 Å². The van der Waals surface area contributed by atoms with Gasteiger partial charge in [0.1, 0.15) is 0 Å². The summed E-state index contributed by atoms with van der Waals surface area (Å²) in [4.78, 5) is 10.4. The van der Waals surface area contributed by atoms with Crippen LogP contribution >= 0.6 is 0 Å². The monoisotopic (exact) mass is 212 g/mol. The summed E-state index contributed by atoms with van der Waals surface area (Å²) in [7, 11) is 0. The third-order valence-electron chi connectivity index (χ3n) is 1.61. The molecule has 0 bridgehead atoms. The molecule has 0 aromatic rings. The lowest BCUT2D eigenvalue weighted by molar-refractivity contribution is -0.265. The molecule has 1 rings (SSSR count). The van der Waals surface area contributed by atoms with Gasteiger partial charge in [0, 0.05) is 5.92 Å². The first kappa shape index (κ1) is 11.0. The lowest BCUT2D eigenvalue weighted by Crippen LogP contribution is -2.43. The summed E-state index contributed by atoms with van der Waals surface area (Å²) in [5, 5.41) is 0. The Balaban J connectivity index is 2.73. The minimum Gasteiger partial charge on any atom is -0.278 e. The summed E-state index contributed by atoms with van der Waals surface area (Å²) < 4.78 is 59.2. The Morgan fingerprint density at radius 3 is 2.00 bits per heavy atom. The fraction of sp³-hybridized carbons (Fsp3) is 0.625. The van der Waals surface area contributed by atoms with E-state index in [-0.39, 0.29) is 5.92 Å². The van der Waals surface area contributed by atoms with Crippen LogP contribution in [0, 0.1) is 17.8 Å². The minimum absolute atomic E-state index is 0.192. The van der Waals surface area contributed by atoms with Gasteiger partial charge in [-0.2, -0.15) is 22.0 Å². The highest BCUT2D eigenvalue weighted by Crippen LogP contribution is 2.36. The van der Waals surface area contributed by atoms with Crippen LogP contribution in [0.2, 0.25) is 0 Å². The van der Waals surface area contributed by atoms with Crippen molar-refractivity contribution >= 4 is 5.78 Å². The highest BCUT2D eigenvalue weighted by molar-refractivity contribution is 6.01. The van der Waals surface area contributed by atoms with E-state index in [4.69, 9.17) is 0 Å². The van der Waals surface area contributed by atoms with Crippen LogP contribution in [0.15, 0.2) is 0 Å². The Labute approximate surface area is 76.3 Å². The van der Waals surface area contributed by atoms with Crippen LogP contribution in [0.1, 0.15) is 12.8 Å². The van der Waals surface area contributed by atoms with Crippen LogP contribution in [0.5, 0.6) is 0 Å². The van der Waals surface area contributed by atoms with Crippen LogP contribution in [-0.2, 0) is 4.79 Å². The second-order valence-electron chi connectivity index (χ2n) is 2.94. The Hall–Kier alpha value is -1.12. The van der Waals surface area contributed by atoms with Gasteiger partial charge in [-0.15, -0.1) is 0 Å². The zero-order valence-corrected chi connectivity index (χ0v) is 6.79. The fourth-order valence-electron chi connectivity index (χ4n) is 0.603. The molecule has 0 N–H and O–H groups in total. The molecule has 1 fully saturated rings. The highest BCUT2D eigenvalue weighted by atomic mass is 19.4. The van der Waals surface area contributed by atoms with Crippen molar-refractivity contribution in [3.63, 3.8) is 0 Å². The Bertz CT molecular complexity index is 302. The zero-order valence-electron chi connectivity index (χ0n) is 6.79. The van der Waals surface area contributed by atoms with Gasteiger partial charge in [-0.3, -0.25) is 4.79 Å². The number of carbonyl (C=O) groups excluding carboxylic acids is 1. The number of alkyl halides is 5. The average molecular weight is 212 g/mol. The lowest BCUT2D eigenvalue weighted by Gasteiger charge is -2.14. The molecule has 0 aromatic carbocycles. The maximum Gasteiger partial charge on any atom is 0.462 e. The summed E-state index contributed by atoms with van der Waals surface area (Å²) in [6.45, 7) is 0. The van der Waals surface area contributed by atoms with E-state index in [0.29, 0.717) is 12.8 Å². The molecule has 0 spiro atoms. The Kier molecular flexibility index (Phi) is 2.52. The SMILES string of the molecule is O=C(C#CC1CC1)C(F)(F)C(F)(F)F. The lowest BCUT2D eigenvalue weighted by atomic mass is 10.2. The van der Waals surface area contributed by atoms with E-state index in [0.717, 1.165) is 0 Å². The second kappa shape index (κ2) is 3.23. The molecule has 0 amide bonds. The van der Waals surface area contributed by atoms with Crippen LogP contribution in [0.25, 0.3) is 0 Å². The average Bonchev–Trinajstić information content (AvgIpc) is 2.80. The predicted octanol–water partition coefficient (Wildman–Crippen LogP) is 2.17. The maximum atomic E-state index is 12.2. The molecule has 0 atom stereocenters. The minimum atomic E-state index is -5.86. The topological polar surface area (TPSA) is 17.1 Å². The number of ketones is 1. The normalized spacial score (nSPS) is 17.2. The first-order valence-corrected chi connectivity index (χ1v) is 3.75. The van der Waals surface area contributed by atoms with Crippen molar-refractivity contribution in [2.45, 2.75) is 24.9 Å². The smallest absolute Gasteiger partial charge is 0.278 e. The van der Waals surface area contributed by atoms with Gasteiger partial charge in [0.05, 0.1) is 0 Å². The molecule has 0 aliphatic heterocycles. The number of rotatable bonds is 1. The second-order valence-corrected chi connectivity index (χ2v) is 2.94. The van der Waals surface area contributed by atoms with Crippen molar-refractivity contribution in [2.75, 3.05) is 0 Å². The van der Waals surface area contributed by atoms with Gasteiger partial charge in [-0.1, -0.05) is 5.92 Å². The Morgan fingerprint density at radius 1 is 1.14 bits per heavy atom. The third kappa shape index (κ3) is 2.22. The summed E-state index contributed by atoms with van der Waals surface area (Å²) >= 11 is 0. The van der Waals surface area contributed by atoms with Crippen LogP contribution < -0.4 is 0 Å². The highest BCUT2D eigenvalue weighted by Gasteiger charge is 2.62. The van der Waals surface area contributed by atoms with E-state index in [9.17, 15) is 26.7 Å². The van der Waals surface area contributed by atoms with E-state index in [1.54, 1.807) is 0 Å². The predicted molar refractivity (Wildman–Crippen MR) is 36.5 cm³/mol. The summed E-state index contributed by atoms with van der Waals surface area (Å²) in [5.74, 6) is -4.53. The van der Waals surface area contributed by atoms with Crippen LogP contribution in [0.3, 0.4) is 0 Å². The third-order valence-corrected chi connectivity index (χ3v) is 1.61. The number of hydrogen-bond donors (Lipinski definition) is 0. The van der Waals surface area contributed by atoms with Gasteiger partial charge in [0.25, 0.3) is 5.78 Å². The zero-order chi connectivity index (χ0) is 11.0. The molecule has 1 aliphatic rings. The molecule has 6 heteroatoms. The van der Waals surface area contributed by atoms with E-state index < -0.39 is 17.9 Å². The molecule has 78 valence electrons. The van der Waals surface area contributed by atoms with Crippen LogP contribution in [-0.4, -0.2) is 17.9 Å². The molecule has 1 nitrogen and oxygen atoms in total. The first-order chi connectivity index (χ1) is 6.25. The summed E-state index contributed by atoms with van der Waals surface area (Å²) in [5.41, 5.74) is 0. The van der Waals surface area contributed by atoms with Gasteiger partial charge in [0.2, 0.25) is 0 Å². The first-order valence-electron chi connectivity index (χ1n) is 3.75. The molecular weight excluding hydrogens is 207 g/mol. The molecule has 0 heterocycles. The van der Waals surface area contributed by atoms with E-state index in [2.05, 4.69) is 5.92 Å². The van der Waals surface area contributed by atoms with Crippen molar-refractivity contribution in [1.82, 2.24) is 0 Å². The number of hydrogen-bond acceptors (Lipinski definition) is 1. The van der Waals surface area contributed by atoms with Gasteiger partial charge in [-0.25, -0.2) is 0 Å². The largest absolute Gasteiger partial charge is 0.462 e. The van der Waals surface area contributed by atoms with Crippen LogP contribution in [0.4, 0.5) is 22.0 Å².